The molecule has 0 aliphatic heterocycles. The molecule has 0 amide bonds. The summed E-state index contributed by atoms with van der Waals surface area (Å²) in [5, 5.41) is 3.38. The van der Waals surface area contributed by atoms with Crippen LogP contribution in [-0.2, 0) is 6.42 Å². The quantitative estimate of drug-likeness (QED) is 0.259. The van der Waals surface area contributed by atoms with Crippen LogP contribution in [0.15, 0.2) is 55.1 Å². The topological polar surface area (TPSA) is 0 Å². The van der Waals surface area contributed by atoms with Gasteiger partial charge in [-0.2, -0.15) is 0 Å². The summed E-state index contributed by atoms with van der Waals surface area (Å²) >= 11 is 0. The van der Waals surface area contributed by atoms with Gasteiger partial charge in [0.25, 0.3) is 0 Å². The fraction of sp³-hybridized carbons (Fsp3) is 0.481. The summed E-state index contributed by atoms with van der Waals surface area (Å²) in [5.41, 5.74) is 4.48. The third-order valence-corrected chi connectivity index (χ3v) is 19.2. The summed E-state index contributed by atoms with van der Waals surface area (Å²) in [6.45, 7) is 18.5. The molecule has 0 fully saturated rings. The van der Waals surface area contributed by atoms with E-state index < -0.39 is 16.1 Å². The molecular weight excluding hydrogens is 380 g/mol. The van der Waals surface area contributed by atoms with Gasteiger partial charge in [-0.25, -0.2) is 0 Å². The van der Waals surface area contributed by atoms with Crippen LogP contribution in [0.5, 0.6) is 0 Å². The van der Waals surface area contributed by atoms with Crippen LogP contribution < -0.4 is 10.4 Å². The van der Waals surface area contributed by atoms with Gasteiger partial charge in [-0.3, -0.25) is 0 Å². The van der Waals surface area contributed by atoms with Crippen LogP contribution in [-0.4, -0.2) is 16.1 Å². The third-order valence-electron chi connectivity index (χ3n) is 7.88. The number of benzene rings is 2. The molecule has 0 bridgehead atoms. The predicted octanol–water partition coefficient (Wildman–Crippen LogP) is 7.51. The highest BCUT2D eigenvalue weighted by molar-refractivity contribution is 6.94. The molecule has 0 N–H and O–H groups in total. The SMILES string of the molecule is C=CCc1ccc([Si](CC)(CC)CC)c(-c2ccccc2[Si](CC)(CC)CC)c1. The molecule has 2 rings (SSSR count). The van der Waals surface area contributed by atoms with Gasteiger partial charge in [0.1, 0.15) is 0 Å². The molecule has 0 aromatic heterocycles. The minimum absolute atomic E-state index is 0.951. The first-order chi connectivity index (χ1) is 14.0. The Balaban J connectivity index is 2.87. The zero-order valence-electron chi connectivity index (χ0n) is 19.8. The molecule has 29 heavy (non-hydrogen) atoms. The molecule has 2 heteroatoms. The Morgan fingerprint density at radius 3 is 1.62 bits per heavy atom. The minimum atomic E-state index is -1.49. The number of rotatable bonds is 11. The van der Waals surface area contributed by atoms with Crippen molar-refractivity contribution in [1.82, 2.24) is 0 Å². The Labute approximate surface area is 182 Å². The molecule has 158 valence electrons. The van der Waals surface area contributed by atoms with Crippen molar-refractivity contribution >= 4 is 26.5 Å². The Hall–Kier alpha value is -1.39. The van der Waals surface area contributed by atoms with Crippen LogP contribution in [0.4, 0.5) is 0 Å². The maximum Gasteiger partial charge on any atom is 0.0867 e. The van der Waals surface area contributed by atoms with Crippen molar-refractivity contribution in [3.05, 3.63) is 60.7 Å². The van der Waals surface area contributed by atoms with E-state index in [9.17, 15) is 0 Å². The molecule has 0 unspecified atom stereocenters. The van der Waals surface area contributed by atoms with Crippen LogP contribution in [0, 0.1) is 0 Å². The van der Waals surface area contributed by atoms with Crippen LogP contribution in [0.3, 0.4) is 0 Å². The monoisotopic (exact) mass is 422 g/mol. The number of allylic oxidation sites excluding steroid dienone is 1. The van der Waals surface area contributed by atoms with E-state index in [1.807, 2.05) is 6.08 Å². The lowest BCUT2D eigenvalue weighted by molar-refractivity contribution is 1.19. The zero-order valence-corrected chi connectivity index (χ0v) is 21.8. The summed E-state index contributed by atoms with van der Waals surface area (Å²) in [6.07, 6.45) is 2.99. The van der Waals surface area contributed by atoms with Gasteiger partial charge in [0.05, 0.1) is 16.1 Å². The van der Waals surface area contributed by atoms with Gasteiger partial charge in [-0.05, 0) is 23.1 Å². The normalized spacial score (nSPS) is 12.2. The van der Waals surface area contributed by atoms with Crippen molar-refractivity contribution in [2.75, 3.05) is 0 Å². The highest BCUT2D eigenvalue weighted by atomic mass is 28.3. The number of hydrogen-bond donors (Lipinski definition) is 0. The van der Waals surface area contributed by atoms with Crippen molar-refractivity contribution in [2.45, 2.75) is 84.2 Å². The first-order valence-electron chi connectivity index (χ1n) is 11.8. The van der Waals surface area contributed by atoms with Crippen LogP contribution >= 0.6 is 0 Å². The molecule has 0 heterocycles. The zero-order chi connectivity index (χ0) is 21.5. The van der Waals surface area contributed by atoms with Gasteiger partial charge in [-0.15, -0.1) is 6.58 Å². The molecule has 0 atom stereocenters. The lowest BCUT2D eigenvalue weighted by Crippen LogP contribution is -2.49. The van der Waals surface area contributed by atoms with Crippen molar-refractivity contribution < 1.29 is 0 Å². The fourth-order valence-electron chi connectivity index (χ4n) is 5.39. The third kappa shape index (κ3) is 4.54. The Bertz CT molecular complexity index is 781. The second kappa shape index (κ2) is 10.6. The highest BCUT2D eigenvalue weighted by Gasteiger charge is 2.35. The van der Waals surface area contributed by atoms with Gasteiger partial charge in [0, 0.05) is 0 Å². The predicted molar refractivity (Wildman–Crippen MR) is 139 cm³/mol. The summed E-state index contributed by atoms with van der Waals surface area (Å²) in [4.78, 5) is 0. The molecule has 0 saturated carbocycles. The first-order valence-corrected chi connectivity index (χ1v) is 17.1. The molecule has 0 aliphatic carbocycles. The average molecular weight is 423 g/mol. The number of hydrogen-bond acceptors (Lipinski definition) is 0. The maximum absolute atomic E-state index is 3.99. The lowest BCUT2D eigenvalue weighted by atomic mass is 10.0. The second-order valence-electron chi connectivity index (χ2n) is 8.60. The van der Waals surface area contributed by atoms with Crippen molar-refractivity contribution in [3.8, 4) is 11.1 Å². The summed E-state index contributed by atoms with van der Waals surface area (Å²) in [6, 6.07) is 24.8. The maximum atomic E-state index is 3.99. The summed E-state index contributed by atoms with van der Waals surface area (Å²) in [5.74, 6) is 0. The molecule has 0 spiro atoms. The molecule has 0 saturated heterocycles. The van der Waals surface area contributed by atoms with E-state index in [-0.39, 0.29) is 0 Å². The average Bonchev–Trinajstić information content (AvgIpc) is 2.78. The Morgan fingerprint density at radius 2 is 1.14 bits per heavy atom. The fourth-order valence-corrected chi connectivity index (χ4v) is 13.1. The molecular formula is C27H42Si2. The standard InChI is InChI=1S/C27H42Si2/c1-8-17-23-20-21-27(29(12-5,13-6)14-7)25(22-23)24-18-15-16-19-26(24)28(9-2,10-3)11-4/h8,15-16,18-22H,1,9-14,17H2,2-7H3. The van der Waals surface area contributed by atoms with E-state index in [0.29, 0.717) is 0 Å². The molecule has 2 aromatic rings. The van der Waals surface area contributed by atoms with Gasteiger partial charge in [-0.1, -0.05) is 137 Å². The van der Waals surface area contributed by atoms with Crippen molar-refractivity contribution in [1.29, 1.82) is 0 Å². The van der Waals surface area contributed by atoms with Crippen LogP contribution in [0.2, 0.25) is 36.3 Å². The highest BCUT2D eigenvalue weighted by Crippen LogP contribution is 2.31. The van der Waals surface area contributed by atoms with Gasteiger partial charge >= 0.3 is 0 Å². The minimum Gasteiger partial charge on any atom is -0.103 e. The van der Waals surface area contributed by atoms with E-state index in [0.717, 1.165) is 6.42 Å². The van der Waals surface area contributed by atoms with Crippen molar-refractivity contribution in [2.24, 2.45) is 0 Å². The second-order valence-corrected chi connectivity index (χ2v) is 19.0. The van der Waals surface area contributed by atoms with Crippen LogP contribution in [0.25, 0.3) is 11.1 Å². The Kier molecular flexibility index (Phi) is 8.72. The van der Waals surface area contributed by atoms with E-state index in [2.05, 4.69) is 90.6 Å². The van der Waals surface area contributed by atoms with Gasteiger partial charge in [0.15, 0.2) is 0 Å². The summed E-state index contributed by atoms with van der Waals surface area (Å²) in [7, 11) is -2.96. The largest absolute Gasteiger partial charge is 0.103 e. The smallest absolute Gasteiger partial charge is 0.0867 e. The van der Waals surface area contributed by atoms with Crippen LogP contribution in [0.1, 0.15) is 47.1 Å². The van der Waals surface area contributed by atoms with E-state index >= 15 is 0 Å². The molecule has 0 nitrogen and oxygen atoms in total. The van der Waals surface area contributed by atoms with Crippen molar-refractivity contribution in [3.63, 3.8) is 0 Å². The van der Waals surface area contributed by atoms with E-state index in [4.69, 9.17) is 0 Å². The first kappa shape index (κ1) is 23.9. The molecule has 0 radical (unpaired) electrons. The van der Waals surface area contributed by atoms with E-state index in [1.54, 1.807) is 15.9 Å². The molecule has 0 aliphatic rings. The van der Waals surface area contributed by atoms with Gasteiger partial charge in [0.2, 0.25) is 0 Å². The molecule has 2 aromatic carbocycles. The summed E-state index contributed by atoms with van der Waals surface area (Å²) < 4.78 is 0. The Morgan fingerprint density at radius 1 is 0.655 bits per heavy atom. The van der Waals surface area contributed by atoms with Gasteiger partial charge < -0.3 is 0 Å². The van der Waals surface area contributed by atoms with E-state index in [1.165, 1.54) is 47.4 Å². The lowest BCUT2D eigenvalue weighted by Gasteiger charge is -2.35.